The van der Waals surface area contributed by atoms with Crippen molar-refractivity contribution in [3.8, 4) is 5.75 Å². The molecule has 0 fully saturated rings. The zero-order valence-electron chi connectivity index (χ0n) is 11.5. The molecule has 2 nitrogen and oxygen atoms in total. The average molecular weight is 399 g/mol. The number of ether oxygens (including phenoxy) is 1. The molecule has 0 aliphatic heterocycles. The van der Waals surface area contributed by atoms with Crippen LogP contribution >= 0.6 is 31.9 Å². The summed E-state index contributed by atoms with van der Waals surface area (Å²) in [6, 6.07) is 11.9. The number of nitrogens with two attached hydrogens (primary N) is 1. The molecule has 0 aromatic heterocycles. The molecule has 0 amide bonds. The van der Waals surface area contributed by atoms with Crippen LogP contribution in [-0.2, 0) is 0 Å². The highest BCUT2D eigenvalue weighted by molar-refractivity contribution is 9.10. The summed E-state index contributed by atoms with van der Waals surface area (Å²) >= 11 is 7.08. The molecule has 0 aliphatic rings. The maximum absolute atomic E-state index is 6.46. The van der Waals surface area contributed by atoms with Gasteiger partial charge in [-0.15, -0.1) is 0 Å². The first kappa shape index (κ1) is 15.5. The van der Waals surface area contributed by atoms with E-state index in [4.69, 9.17) is 10.5 Å². The van der Waals surface area contributed by atoms with Crippen LogP contribution in [0.4, 0.5) is 0 Å². The van der Waals surface area contributed by atoms with Gasteiger partial charge in [-0.25, -0.2) is 0 Å². The SMILES string of the molecule is CCOc1ccc(Br)cc1C(N)c1cc(C)ccc1Br. The van der Waals surface area contributed by atoms with Crippen molar-refractivity contribution in [3.05, 3.63) is 62.0 Å². The van der Waals surface area contributed by atoms with Crippen molar-refractivity contribution < 1.29 is 4.74 Å². The van der Waals surface area contributed by atoms with E-state index < -0.39 is 0 Å². The van der Waals surface area contributed by atoms with E-state index in [9.17, 15) is 0 Å². The maximum Gasteiger partial charge on any atom is 0.124 e. The second-order valence-electron chi connectivity index (χ2n) is 4.62. The number of aryl methyl sites for hydroxylation is 1. The number of rotatable bonds is 4. The Kier molecular flexibility index (Phi) is 5.24. The molecule has 0 heterocycles. The summed E-state index contributed by atoms with van der Waals surface area (Å²) in [6.07, 6.45) is 0. The van der Waals surface area contributed by atoms with Gasteiger partial charge in [0, 0.05) is 14.5 Å². The summed E-state index contributed by atoms with van der Waals surface area (Å²) in [5, 5.41) is 0. The highest BCUT2D eigenvalue weighted by atomic mass is 79.9. The summed E-state index contributed by atoms with van der Waals surface area (Å²) in [7, 11) is 0. The molecular formula is C16H17Br2NO. The second kappa shape index (κ2) is 6.74. The van der Waals surface area contributed by atoms with Crippen LogP contribution in [0, 0.1) is 6.92 Å². The van der Waals surface area contributed by atoms with E-state index in [2.05, 4.69) is 50.9 Å². The molecule has 0 bridgehead atoms. The Hall–Kier alpha value is -0.840. The molecule has 2 aromatic carbocycles. The number of hydrogen-bond donors (Lipinski definition) is 1. The third-order valence-electron chi connectivity index (χ3n) is 3.09. The summed E-state index contributed by atoms with van der Waals surface area (Å²) in [4.78, 5) is 0. The fraction of sp³-hybridized carbons (Fsp3) is 0.250. The molecule has 0 saturated carbocycles. The van der Waals surface area contributed by atoms with Gasteiger partial charge in [-0.2, -0.15) is 0 Å². The van der Waals surface area contributed by atoms with Crippen molar-refractivity contribution in [2.75, 3.05) is 6.61 Å². The minimum Gasteiger partial charge on any atom is -0.494 e. The topological polar surface area (TPSA) is 35.2 Å². The quantitative estimate of drug-likeness (QED) is 0.789. The first-order valence-electron chi connectivity index (χ1n) is 6.46. The van der Waals surface area contributed by atoms with Crippen molar-refractivity contribution in [2.45, 2.75) is 19.9 Å². The molecule has 0 saturated heterocycles. The molecule has 20 heavy (non-hydrogen) atoms. The minimum atomic E-state index is -0.233. The normalized spacial score (nSPS) is 12.2. The standard InChI is InChI=1S/C16H17Br2NO/c1-3-20-15-7-5-11(17)9-13(15)16(19)12-8-10(2)4-6-14(12)18/h4-9,16H,3,19H2,1-2H3. The lowest BCUT2D eigenvalue weighted by molar-refractivity contribution is 0.335. The summed E-state index contributed by atoms with van der Waals surface area (Å²) in [5.74, 6) is 0.830. The van der Waals surface area contributed by atoms with Gasteiger partial charge in [-0.3, -0.25) is 0 Å². The highest BCUT2D eigenvalue weighted by Crippen LogP contribution is 2.34. The molecule has 2 N–H and O–H groups in total. The Labute approximate surface area is 136 Å². The lowest BCUT2D eigenvalue weighted by Gasteiger charge is -2.19. The first-order valence-corrected chi connectivity index (χ1v) is 8.05. The van der Waals surface area contributed by atoms with Crippen LogP contribution in [0.2, 0.25) is 0 Å². The lowest BCUT2D eigenvalue weighted by atomic mass is 9.97. The van der Waals surface area contributed by atoms with Gasteiger partial charge in [-0.1, -0.05) is 49.6 Å². The lowest BCUT2D eigenvalue weighted by Crippen LogP contribution is -2.14. The van der Waals surface area contributed by atoms with Gasteiger partial charge < -0.3 is 10.5 Å². The van der Waals surface area contributed by atoms with Gasteiger partial charge in [0.1, 0.15) is 5.75 Å². The minimum absolute atomic E-state index is 0.233. The predicted octanol–water partition coefficient (Wildman–Crippen LogP) is 4.97. The van der Waals surface area contributed by atoms with Crippen LogP contribution in [-0.4, -0.2) is 6.61 Å². The molecule has 2 rings (SSSR count). The molecule has 4 heteroatoms. The molecule has 2 aromatic rings. The Morgan fingerprint density at radius 2 is 1.85 bits per heavy atom. The zero-order valence-corrected chi connectivity index (χ0v) is 14.7. The number of hydrogen-bond acceptors (Lipinski definition) is 2. The molecular weight excluding hydrogens is 382 g/mol. The van der Waals surface area contributed by atoms with Crippen LogP contribution < -0.4 is 10.5 Å². The van der Waals surface area contributed by atoms with E-state index in [0.717, 1.165) is 25.8 Å². The second-order valence-corrected chi connectivity index (χ2v) is 6.39. The number of halogens is 2. The Morgan fingerprint density at radius 3 is 2.55 bits per heavy atom. The zero-order chi connectivity index (χ0) is 14.7. The van der Waals surface area contributed by atoms with Crippen LogP contribution in [0.5, 0.6) is 5.75 Å². The molecule has 0 spiro atoms. The van der Waals surface area contributed by atoms with Gasteiger partial charge in [-0.05, 0) is 43.7 Å². The molecule has 1 unspecified atom stereocenters. The van der Waals surface area contributed by atoms with Crippen molar-refractivity contribution >= 4 is 31.9 Å². The van der Waals surface area contributed by atoms with Crippen molar-refractivity contribution in [2.24, 2.45) is 5.73 Å². The molecule has 0 radical (unpaired) electrons. The van der Waals surface area contributed by atoms with Crippen LogP contribution in [0.3, 0.4) is 0 Å². The fourth-order valence-corrected chi connectivity index (χ4v) is 2.99. The third-order valence-corrected chi connectivity index (χ3v) is 4.31. The predicted molar refractivity (Wildman–Crippen MR) is 90.2 cm³/mol. The number of benzene rings is 2. The summed E-state index contributed by atoms with van der Waals surface area (Å²) in [5.41, 5.74) is 9.68. The van der Waals surface area contributed by atoms with E-state index in [0.29, 0.717) is 6.61 Å². The van der Waals surface area contributed by atoms with Gasteiger partial charge in [0.05, 0.1) is 12.6 Å². The van der Waals surface area contributed by atoms with E-state index in [1.54, 1.807) is 0 Å². The van der Waals surface area contributed by atoms with Gasteiger partial charge in [0.15, 0.2) is 0 Å². The monoisotopic (exact) mass is 397 g/mol. The fourth-order valence-electron chi connectivity index (χ4n) is 2.12. The Balaban J connectivity index is 2.49. The molecule has 106 valence electrons. The van der Waals surface area contributed by atoms with Gasteiger partial charge in [0.2, 0.25) is 0 Å². The van der Waals surface area contributed by atoms with E-state index in [-0.39, 0.29) is 6.04 Å². The molecule has 0 aliphatic carbocycles. The van der Waals surface area contributed by atoms with Crippen LogP contribution in [0.1, 0.15) is 29.7 Å². The average Bonchev–Trinajstić information content (AvgIpc) is 2.43. The van der Waals surface area contributed by atoms with E-state index >= 15 is 0 Å². The largest absolute Gasteiger partial charge is 0.494 e. The highest BCUT2D eigenvalue weighted by Gasteiger charge is 2.17. The third kappa shape index (κ3) is 3.43. The maximum atomic E-state index is 6.46. The van der Waals surface area contributed by atoms with Gasteiger partial charge >= 0.3 is 0 Å². The molecule has 1 atom stereocenters. The van der Waals surface area contributed by atoms with Crippen molar-refractivity contribution in [1.29, 1.82) is 0 Å². The van der Waals surface area contributed by atoms with Gasteiger partial charge in [0.25, 0.3) is 0 Å². The summed E-state index contributed by atoms with van der Waals surface area (Å²) in [6.45, 7) is 4.66. The summed E-state index contributed by atoms with van der Waals surface area (Å²) < 4.78 is 7.70. The van der Waals surface area contributed by atoms with E-state index in [1.165, 1.54) is 5.56 Å². The smallest absolute Gasteiger partial charge is 0.124 e. The van der Waals surface area contributed by atoms with Crippen LogP contribution in [0.15, 0.2) is 45.3 Å². The first-order chi connectivity index (χ1) is 9.52. The van der Waals surface area contributed by atoms with E-state index in [1.807, 2.05) is 31.2 Å². The Morgan fingerprint density at radius 1 is 1.10 bits per heavy atom. The van der Waals surface area contributed by atoms with Crippen molar-refractivity contribution in [1.82, 2.24) is 0 Å². The Bertz CT molecular complexity index is 613. The van der Waals surface area contributed by atoms with Crippen molar-refractivity contribution in [3.63, 3.8) is 0 Å². The van der Waals surface area contributed by atoms with Crippen LogP contribution in [0.25, 0.3) is 0 Å².